The number of aromatic nitrogens is 3. The molecule has 0 aliphatic carbocycles. The molecule has 4 rings (SSSR count). The van der Waals surface area contributed by atoms with Gasteiger partial charge in [0.2, 0.25) is 0 Å². The Hall–Kier alpha value is -3.02. The van der Waals surface area contributed by atoms with Gasteiger partial charge in [0.05, 0.1) is 35.2 Å². The van der Waals surface area contributed by atoms with Crippen LogP contribution in [-0.2, 0) is 0 Å². The third-order valence-electron chi connectivity index (χ3n) is 4.63. The van der Waals surface area contributed by atoms with Gasteiger partial charge < -0.3 is 10.2 Å². The van der Waals surface area contributed by atoms with Crippen molar-refractivity contribution in [2.45, 2.75) is 18.9 Å². The summed E-state index contributed by atoms with van der Waals surface area (Å²) in [7, 11) is 1.81. The van der Waals surface area contributed by atoms with Gasteiger partial charge in [0, 0.05) is 25.2 Å². The van der Waals surface area contributed by atoms with E-state index in [2.05, 4.69) is 20.3 Å². The lowest BCUT2D eigenvalue weighted by molar-refractivity contribution is 0.0734. The van der Waals surface area contributed by atoms with Crippen LogP contribution in [0.1, 0.15) is 34.9 Å². The highest BCUT2D eigenvalue weighted by atomic mass is 16.2. The zero-order valence-electron chi connectivity index (χ0n) is 14.0. The van der Waals surface area contributed by atoms with Crippen molar-refractivity contribution < 1.29 is 4.79 Å². The van der Waals surface area contributed by atoms with Crippen LogP contribution in [-0.4, -0.2) is 39.4 Å². The molecule has 6 nitrogen and oxygen atoms in total. The fraction of sp³-hybridized carbons (Fsp3) is 0.263. The van der Waals surface area contributed by atoms with Crippen molar-refractivity contribution in [3.05, 3.63) is 60.2 Å². The Morgan fingerprint density at radius 1 is 1.24 bits per heavy atom. The lowest BCUT2D eigenvalue weighted by atomic mass is 10.1. The molecule has 25 heavy (non-hydrogen) atoms. The summed E-state index contributed by atoms with van der Waals surface area (Å²) < 4.78 is 0. The molecule has 1 atom stereocenters. The van der Waals surface area contributed by atoms with E-state index in [1.54, 1.807) is 18.6 Å². The van der Waals surface area contributed by atoms with Crippen LogP contribution >= 0.6 is 0 Å². The van der Waals surface area contributed by atoms with Crippen molar-refractivity contribution in [1.29, 1.82) is 0 Å². The second-order valence-electron chi connectivity index (χ2n) is 6.12. The van der Waals surface area contributed by atoms with Gasteiger partial charge in [-0.2, -0.15) is 0 Å². The Kier molecular flexibility index (Phi) is 4.01. The van der Waals surface area contributed by atoms with Gasteiger partial charge in [0.25, 0.3) is 5.91 Å². The van der Waals surface area contributed by atoms with E-state index in [0.29, 0.717) is 11.4 Å². The average Bonchev–Trinajstić information content (AvgIpc) is 3.17. The molecule has 126 valence electrons. The zero-order valence-corrected chi connectivity index (χ0v) is 14.0. The molecule has 1 fully saturated rings. The fourth-order valence-corrected chi connectivity index (χ4v) is 3.41. The first-order valence-electron chi connectivity index (χ1n) is 8.42. The molecule has 1 aliphatic heterocycles. The molecule has 2 aromatic heterocycles. The number of para-hydroxylation sites is 1. The predicted octanol–water partition coefficient (Wildman–Crippen LogP) is 3.04. The monoisotopic (exact) mass is 333 g/mol. The van der Waals surface area contributed by atoms with Gasteiger partial charge >= 0.3 is 0 Å². The van der Waals surface area contributed by atoms with Gasteiger partial charge in [0.1, 0.15) is 5.82 Å². The third kappa shape index (κ3) is 2.80. The summed E-state index contributed by atoms with van der Waals surface area (Å²) in [4.78, 5) is 28.4. The zero-order chi connectivity index (χ0) is 17.2. The number of nitrogens with one attached hydrogen (secondary N) is 1. The second-order valence-corrected chi connectivity index (χ2v) is 6.12. The lowest BCUT2D eigenvalue weighted by Crippen LogP contribution is -2.31. The van der Waals surface area contributed by atoms with E-state index in [0.717, 1.165) is 36.0 Å². The van der Waals surface area contributed by atoms with Crippen LogP contribution in [0.25, 0.3) is 10.9 Å². The normalized spacial score (nSPS) is 17.0. The van der Waals surface area contributed by atoms with E-state index in [-0.39, 0.29) is 11.9 Å². The third-order valence-corrected chi connectivity index (χ3v) is 4.63. The number of anilines is 1. The van der Waals surface area contributed by atoms with Gasteiger partial charge in [0.15, 0.2) is 0 Å². The molecule has 1 aliphatic rings. The molecule has 3 heterocycles. The van der Waals surface area contributed by atoms with E-state index in [4.69, 9.17) is 0 Å². The first-order valence-corrected chi connectivity index (χ1v) is 8.42. The minimum absolute atomic E-state index is 0.00320. The molecule has 1 amide bonds. The van der Waals surface area contributed by atoms with Gasteiger partial charge in [-0.15, -0.1) is 0 Å². The summed E-state index contributed by atoms with van der Waals surface area (Å²) in [5.74, 6) is 0.715. The number of likely N-dealkylation sites (tertiary alicyclic amines) is 1. The number of hydrogen-bond donors (Lipinski definition) is 1. The van der Waals surface area contributed by atoms with Crippen molar-refractivity contribution in [3.63, 3.8) is 0 Å². The number of pyridine rings is 1. The minimum Gasteiger partial charge on any atom is -0.372 e. The smallest absolute Gasteiger partial charge is 0.256 e. The van der Waals surface area contributed by atoms with Crippen LogP contribution < -0.4 is 5.32 Å². The number of benzene rings is 1. The van der Waals surface area contributed by atoms with Crippen molar-refractivity contribution in [3.8, 4) is 0 Å². The van der Waals surface area contributed by atoms with Crippen LogP contribution in [0.4, 0.5) is 5.82 Å². The number of nitrogens with zero attached hydrogens (tertiary/aromatic N) is 4. The van der Waals surface area contributed by atoms with E-state index in [1.807, 2.05) is 42.3 Å². The summed E-state index contributed by atoms with van der Waals surface area (Å²) in [5.41, 5.74) is 2.21. The number of fused-ring (bicyclic) bond motifs is 1. The molecule has 0 spiro atoms. The highest BCUT2D eigenvalue weighted by Crippen LogP contribution is 2.33. The van der Waals surface area contributed by atoms with Crippen molar-refractivity contribution in [1.82, 2.24) is 19.9 Å². The Bertz CT molecular complexity index is 921. The van der Waals surface area contributed by atoms with Gasteiger partial charge in [-0.05, 0) is 25.0 Å². The SMILES string of the molecule is CNc1cncc([C@@H]2CCCN2C(=O)c2cccc3cccnc23)n1. The molecule has 1 N–H and O–H groups in total. The Balaban J connectivity index is 1.71. The molecule has 0 saturated carbocycles. The molecule has 0 radical (unpaired) electrons. The van der Waals surface area contributed by atoms with Gasteiger partial charge in [-0.25, -0.2) is 4.98 Å². The molecule has 1 saturated heterocycles. The second kappa shape index (κ2) is 6.47. The van der Waals surface area contributed by atoms with E-state index >= 15 is 0 Å². The topological polar surface area (TPSA) is 71.0 Å². The number of amides is 1. The number of carbonyl (C=O) groups is 1. The fourth-order valence-electron chi connectivity index (χ4n) is 3.41. The Labute approximate surface area is 145 Å². The Morgan fingerprint density at radius 3 is 3.00 bits per heavy atom. The minimum atomic E-state index is -0.0488. The van der Waals surface area contributed by atoms with Crippen LogP contribution in [0.5, 0.6) is 0 Å². The summed E-state index contributed by atoms with van der Waals surface area (Å²) in [6.07, 6.45) is 7.01. The van der Waals surface area contributed by atoms with Gasteiger partial charge in [-0.3, -0.25) is 14.8 Å². The highest BCUT2D eigenvalue weighted by Gasteiger charge is 2.32. The van der Waals surface area contributed by atoms with Gasteiger partial charge in [-0.1, -0.05) is 18.2 Å². The number of hydrogen-bond acceptors (Lipinski definition) is 5. The highest BCUT2D eigenvalue weighted by molar-refractivity contribution is 6.05. The summed E-state index contributed by atoms with van der Waals surface area (Å²) in [6.45, 7) is 0.720. The number of rotatable bonds is 3. The Morgan fingerprint density at radius 2 is 2.12 bits per heavy atom. The molecule has 6 heteroatoms. The molecule has 1 aromatic carbocycles. The first kappa shape index (κ1) is 15.5. The van der Waals surface area contributed by atoms with Crippen LogP contribution in [0.2, 0.25) is 0 Å². The summed E-state index contributed by atoms with van der Waals surface area (Å²) >= 11 is 0. The van der Waals surface area contributed by atoms with Crippen molar-refractivity contribution >= 4 is 22.6 Å². The molecule has 3 aromatic rings. The van der Waals surface area contributed by atoms with E-state index in [1.165, 1.54) is 0 Å². The van der Waals surface area contributed by atoms with Crippen LogP contribution in [0.3, 0.4) is 0 Å². The first-order chi connectivity index (χ1) is 12.3. The lowest BCUT2D eigenvalue weighted by Gasteiger charge is -2.24. The molecule has 0 bridgehead atoms. The quantitative estimate of drug-likeness (QED) is 0.798. The average molecular weight is 333 g/mol. The standard InChI is InChI=1S/C19H19N5O/c1-20-17-12-21-11-15(23-17)16-8-4-10-24(16)19(25)14-7-2-5-13-6-3-9-22-18(13)14/h2-3,5-7,9,11-12,16H,4,8,10H2,1H3,(H,20,23)/t16-/m0/s1. The van der Waals surface area contributed by atoms with Crippen LogP contribution in [0, 0.1) is 0 Å². The van der Waals surface area contributed by atoms with Crippen molar-refractivity contribution in [2.24, 2.45) is 0 Å². The summed E-state index contributed by atoms with van der Waals surface area (Å²) in [6, 6.07) is 9.54. The van der Waals surface area contributed by atoms with Crippen LogP contribution in [0.15, 0.2) is 48.9 Å². The largest absolute Gasteiger partial charge is 0.372 e. The maximum absolute atomic E-state index is 13.2. The maximum Gasteiger partial charge on any atom is 0.256 e. The molecular formula is C19H19N5O. The van der Waals surface area contributed by atoms with E-state index < -0.39 is 0 Å². The van der Waals surface area contributed by atoms with Crippen molar-refractivity contribution in [2.75, 3.05) is 18.9 Å². The molecular weight excluding hydrogens is 314 g/mol. The maximum atomic E-state index is 13.2. The number of carbonyl (C=O) groups excluding carboxylic acids is 1. The molecule has 0 unspecified atom stereocenters. The predicted molar refractivity (Wildman–Crippen MR) is 96.3 cm³/mol. The van der Waals surface area contributed by atoms with E-state index in [9.17, 15) is 4.79 Å². The summed E-state index contributed by atoms with van der Waals surface area (Å²) in [5, 5.41) is 3.98.